The van der Waals surface area contributed by atoms with Crippen molar-refractivity contribution < 1.29 is 4.39 Å². The molecule has 0 aliphatic carbocycles. The van der Waals surface area contributed by atoms with Gasteiger partial charge in [0.15, 0.2) is 0 Å². The first-order chi connectivity index (χ1) is 12.2. The lowest BCUT2D eigenvalue weighted by Crippen LogP contribution is -2.55. The van der Waals surface area contributed by atoms with E-state index in [4.69, 9.17) is 16.6 Å². The number of fused-ring (bicyclic) bond motifs is 1. The standard InChI is InChI=1S/C19H19ClFN3S/c20-14-4-1-3-13(11-14)12-22-18-19(7-9-25-10-8-19)24-16-6-2-5-15(21)17(16)23-18/h1-6,11,24H,7-10,12H2,(H,22,23). The largest absolute Gasteiger partial charge is 0.371 e. The number of nitrogens with zero attached hydrogens (tertiary/aromatic N) is 1. The summed E-state index contributed by atoms with van der Waals surface area (Å²) >= 11 is 8.02. The van der Waals surface area contributed by atoms with Gasteiger partial charge in [0.05, 0.1) is 23.5 Å². The van der Waals surface area contributed by atoms with Crippen molar-refractivity contribution >= 4 is 40.6 Å². The van der Waals surface area contributed by atoms with Crippen LogP contribution >= 0.6 is 23.4 Å². The maximum Gasteiger partial charge on any atom is 0.148 e. The zero-order chi connectivity index (χ0) is 17.3. The number of benzene rings is 2. The summed E-state index contributed by atoms with van der Waals surface area (Å²) in [6.45, 7) is 0.517. The van der Waals surface area contributed by atoms with Crippen LogP contribution in [0.4, 0.5) is 15.8 Å². The van der Waals surface area contributed by atoms with Crippen LogP contribution in [0.2, 0.25) is 5.02 Å². The molecule has 2 N–H and O–H groups in total. The molecule has 2 heterocycles. The van der Waals surface area contributed by atoms with Gasteiger partial charge in [-0.05, 0) is 54.2 Å². The molecule has 1 saturated heterocycles. The highest BCUT2D eigenvalue weighted by atomic mass is 35.5. The Morgan fingerprint density at radius 2 is 1.96 bits per heavy atom. The van der Waals surface area contributed by atoms with E-state index >= 15 is 0 Å². The third kappa shape index (κ3) is 3.35. The number of rotatable bonds is 2. The molecule has 130 valence electrons. The number of nitrogens with one attached hydrogen (secondary N) is 2. The topological polar surface area (TPSA) is 36.4 Å². The van der Waals surface area contributed by atoms with Gasteiger partial charge in [0.2, 0.25) is 0 Å². The molecule has 6 heteroatoms. The van der Waals surface area contributed by atoms with Crippen LogP contribution in [0.5, 0.6) is 0 Å². The van der Waals surface area contributed by atoms with E-state index in [0.29, 0.717) is 17.3 Å². The minimum Gasteiger partial charge on any atom is -0.371 e. The van der Waals surface area contributed by atoms with E-state index in [1.54, 1.807) is 6.07 Å². The molecular weight excluding hydrogens is 357 g/mol. The maximum absolute atomic E-state index is 14.2. The Morgan fingerprint density at radius 3 is 2.76 bits per heavy atom. The molecule has 0 radical (unpaired) electrons. The van der Waals surface area contributed by atoms with Crippen molar-refractivity contribution in [3.8, 4) is 0 Å². The molecule has 4 rings (SSSR count). The summed E-state index contributed by atoms with van der Waals surface area (Å²) in [7, 11) is 0. The van der Waals surface area contributed by atoms with Gasteiger partial charge in [-0.2, -0.15) is 11.8 Å². The van der Waals surface area contributed by atoms with E-state index < -0.39 is 0 Å². The molecule has 1 fully saturated rings. The van der Waals surface area contributed by atoms with Gasteiger partial charge >= 0.3 is 0 Å². The lowest BCUT2D eigenvalue weighted by Gasteiger charge is -2.43. The number of thioether (sulfide) groups is 1. The molecule has 2 aliphatic rings. The van der Waals surface area contributed by atoms with Crippen molar-refractivity contribution in [3.05, 3.63) is 58.9 Å². The minimum absolute atomic E-state index is 0.245. The Morgan fingerprint density at radius 1 is 1.16 bits per heavy atom. The van der Waals surface area contributed by atoms with Crippen LogP contribution in [0.15, 0.2) is 47.5 Å². The smallest absolute Gasteiger partial charge is 0.148 e. The number of aliphatic imine (C=N–C) groups is 1. The molecule has 0 amide bonds. The predicted molar refractivity (Wildman–Crippen MR) is 106 cm³/mol. The fraction of sp³-hybridized carbons (Fsp3) is 0.316. The Balaban J connectivity index is 1.69. The summed E-state index contributed by atoms with van der Waals surface area (Å²) in [5.74, 6) is 2.69. The summed E-state index contributed by atoms with van der Waals surface area (Å²) in [6, 6.07) is 12.8. The Kier molecular flexibility index (Phi) is 4.61. The number of halogens is 2. The number of anilines is 2. The van der Waals surface area contributed by atoms with Crippen LogP contribution in [0.3, 0.4) is 0 Å². The highest BCUT2D eigenvalue weighted by Gasteiger charge is 2.41. The Hall–Kier alpha value is -1.72. The second kappa shape index (κ2) is 6.89. The second-order valence-electron chi connectivity index (χ2n) is 6.40. The van der Waals surface area contributed by atoms with Crippen molar-refractivity contribution in [2.75, 3.05) is 22.1 Å². The van der Waals surface area contributed by atoms with Gasteiger partial charge in [0.1, 0.15) is 11.7 Å². The van der Waals surface area contributed by atoms with E-state index in [1.807, 2.05) is 42.1 Å². The van der Waals surface area contributed by atoms with Gasteiger partial charge in [0.25, 0.3) is 0 Å². The van der Waals surface area contributed by atoms with Crippen molar-refractivity contribution in [1.82, 2.24) is 0 Å². The molecule has 2 aromatic carbocycles. The van der Waals surface area contributed by atoms with Crippen LogP contribution in [-0.2, 0) is 6.54 Å². The lowest BCUT2D eigenvalue weighted by molar-refractivity contribution is 0.556. The number of amidine groups is 1. The van der Waals surface area contributed by atoms with Crippen molar-refractivity contribution in [1.29, 1.82) is 0 Å². The van der Waals surface area contributed by atoms with Gasteiger partial charge < -0.3 is 10.6 Å². The van der Waals surface area contributed by atoms with Crippen molar-refractivity contribution in [3.63, 3.8) is 0 Å². The van der Waals surface area contributed by atoms with Gasteiger partial charge in [-0.3, -0.25) is 4.99 Å². The number of para-hydroxylation sites is 1. The van der Waals surface area contributed by atoms with Crippen LogP contribution in [0.25, 0.3) is 0 Å². The van der Waals surface area contributed by atoms with Gasteiger partial charge in [-0.15, -0.1) is 0 Å². The molecule has 1 spiro atoms. The number of hydrogen-bond acceptors (Lipinski definition) is 3. The molecule has 2 aliphatic heterocycles. The second-order valence-corrected chi connectivity index (χ2v) is 8.06. The number of hydrogen-bond donors (Lipinski definition) is 2. The van der Waals surface area contributed by atoms with Crippen molar-refractivity contribution in [2.24, 2.45) is 4.99 Å². The summed E-state index contributed by atoms with van der Waals surface area (Å²) in [5, 5.41) is 7.56. The third-order valence-electron chi connectivity index (χ3n) is 4.74. The SMILES string of the molecule is Fc1cccc2c1NC(=NCc1cccc(Cl)c1)C1(CCSCC1)N2. The molecule has 0 atom stereocenters. The lowest BCUT2D eigenvalue weighted by atomic mass is 9.87. The highest BCUT2D eigenvalue weighted by Crippen LogP contribution is 2.39. The van der Waals surface area contributed by atoms with Gasteiger partial charge in [-0.25, -0.2) is 4.39 Å². The van der Waals surface area contributed by atoms with Crippen LogP contribution < -0.4 is 10.6 Å². The summed E-state index contributed by atoms with van der Waals surface area (Å²) in [4.78, 5) is 4.82. The molecule has 0 unspecified atom stereocenters. The van der Waals surface area contributed by atoms with E-state index in [-0.39, 0.29) is 11.4 Å². The van der Waals surface area contributed by atoms with E-state index in [1.165, 1.54) is 6.07 Å². The first-order valence-corrected chi connectivity index (χ1v) is 9.90. The molecule has 0 aromatic heterocycles. The molecule has 2 aromatic rings. The van der Waals surface area contributed by atoms with Gasteiger partial charge in [0, 0.05) is 5.02 Å². The minimum atomic E-state index is -0.263. The van der Waals surface area contributed by atoms with Crippen LogP contribution in [0.1, 0.15) is 18.4 Å². The fourth-order valence-corrected chi connectivity index (χ4v) is 4.79. The Labute approximate surface area is 156 Å². The zero-order valence-corrected chi connectivity index (χ0v) is 15.3. The predicted octanol–water partition coefficient (Wildman–Crippen LogP) is 5.18. The first kappa shape index (κ1) is 16.7. The molecular formula is C19H19ClFN3S. The molecule has 25 heavy (non-hydrogen) atoms. The average Bonchev–Trinajstić information content (AvgIpc) is 2.61. The third-order valence-corrected chi connectivity index (χ3v) is 5.96. The van der Waals surface area contributed by atoms with E-state index in [2.05, 4.69) is 10.6 Å². The van der Waals surface area contributed by atoms with Crippen LogP contribution in [0, 0.1) is 5.82 Å². The summed E-state index contributed by atoms with van der Waals surface area (Å²) in [5.41, 5.74) is 2.09. The van der Waals surface area contributed by atoms with E-state index in [9.17, 15) is 4.39 Å². The zero-order valence-electron chi connectivity index (χ0n) is 13.7. The average molecular weight is 376 g/mol. The summed E-state index contributed by atoms with van der Waals surface area (Å²) in [6.07, 6.45) is 1.93. The fourth-order valence-electron chi connectivity index (χ4n) is 3.39. The first-order valence-electron chi connectivity index (χ1n) is 8.37. The van der Waals surface area contributed by atoms with E-state index in [0.717, 1.165) is 41.4 Å². The highest BCUT2D eigenvalue weighted by molar-refractivity contribution is 7.99. The maximum atomic E-state index is 14.2. The van der Waals surface area contributed by atoms with Gasteiger partial charge in [-0.1, -0.05) is 29.8 Å². The molecule has 3 nitrogen and oxygen atoms in total. The Bertz CT molecular complexity index is 818. The normalized spacial score (nSPS) is 20.0. The molecule has 0 bridgehead atoms. The van der Waals surface area contributed by atoms with Crippen molar-refractivity contribution in [2.45, 2.75) is 24.9 Å². The van der Waals surface area contributed by atoms with Crippen LogP contribution in [-0.4, -0.2) is 22.9 Å². The quantitative estimate of drug-likeness (QED) is 0.759. The molecule has 0 saturated carbocycles. The summed E-state index contributed by atoms with van der Waals surface area (Å²) < 4.78 is 14.2. The monoisotopic (exact) mass is 375 g/mol.